The molecule has 25 heavy (non-hydrogen) atoms. The van der Waals surface area contributed by atoms with Crippen LogP contribution in [0.1, 0.15) is 18.9 Å². The lowest BCUT2D eigenvalue weighted by molar-refractivity contribution is 0.218. The van der Waals surface area contributed by atoms with Crippen LogP contribution >= 0.6 is 24.8 Å². The number of imidazole rings is 2. The van der Waals surface area contributed by atoms with Gasteiger partial charge in [0.2, 0.25) is 0 Å². The van der Waals surface area contributed by atoms with Crippen LogP contribution in [-0.2, 0) is 0 Å². The highest BCUT2D eigenvalue weighted by Gasteiger charge is 2.13. The molecular formula is C18H18Cl2N4O. The van der Waals surface area contributed by atoms with Gasteiger partial charge in [-0.3, -0.25) is 0 Å². The molecule has 0 radical (unpaired) electrons. The number of para-hydroxylation sites is 1. The van der Waals surface area contributed by atoms with Crippen molar-refractivity contribution >= 4 is 35.8 Å². The zero-order valence-corrected chi connectivity index (χ0v) is 15.1. The van der Waals surface area contributed by atoms with Crippen molar-refractivity contribution in [2.45, 2.75) is 13.0 Å². The Morgan fingerprint density at radius 3 is 2.60 bits per heavy atom. The van der Waals surface area contributed by atoms with Crippen LogP contribution in [-0.4, -0.2) is 19.5 Å². The van der Waals surface area contributed by atoms with Gasteiger partial charge >= 0.3 is 0 Å². The summed E-state index contributed by atoms with van der Waals surface area (Å²) in [6.07, 6.45) is 5.29. The van der Waals surface area contributed by atoms with Crippen molar-refractivity contribution in [2.75, 3.05) is 0 Å². The summed E-state index contributed by atoms with van der Waals surface area (Å²) in [6.45, 7) is 1.99. The molecule has 4 aromatic rings. The van der Waals surface area contributed by atoms with Gasteiger partial charge in [-0.25, -0.2) is 9.97 Å². The third-order valence-corrected chi connectivity index (χ3v) is 3.73. The lowest BCUT2D eigenvalue weighted by Crippen LogP contribution is -2.04. The number of nitrogens with one attached hydrogen (secondary N) is 1. The first-order valence-electron chi connectivity index (χ1n) is 7.49. The quantitative estimate of drug-likeness (QED) is 0.559. The summed E-state index contributed by atoms with van der Waals surface area (Å²) in [5.74, 6) is 1.64. The number of aromatic nitrogens is 4. The van der Waals surface area contributed by atoms with Gasteiger partial charge in [-0.15, -0.1) is 24.8 Å². The van der Waals surface area contributed by atoms with Crippen LogP contribution in [0.4, 0.5) is 0 Å². The van der Waals surface area contributed by atoms with E-state index in [1.165, 1.54) is 0 Å². The molecule has 0 saturated carbocycles. The maximum atomic E-state index is 5.92. The standard InChI is InChI=1S/C18H16N4O.2ClH/c1-13(23-15-5-3-2-4-6-15)18-20-16-8-7-14(11-17(16)21-18)22-10-9-19-12-22;;/h2-13H,1H3,(H,20,21);2*1H/t13-;;/m0../s1. The highest BCUT2D eigenvalue weighted by molar-refractivity contribution is 5.85. The van der Waals surface area contributed by atoms with Gasteiger partial charge < -0.3 is 14.3 Å². The largest absolute Gasteiger partial charge is 0.483 e. The van der Waals surface area contributed by atoms with Gasteiger partial charge in [0.1, 0.15) is 11.6 Å². The predicted molar refractivity (Wildman–Crippen MR) is 103 cm³/mol. The molecule has 7 heteroatoms. The van der Waals surface area contributed by atoms with Crippen LogP contribution in [0.2, 0.25) is 0 Å². The summed E-state index contributed by atoms with van der Waals surface area (Å²) in [5, 5.41) is 0. The summed E-state index contributed by atoms with van der Waals surface area (Å²) >= 11 is 0. The summed E-state index contributed by atoms with van der Waals surface area (Å²) in [7, 11) is 0. The van der Waals surface area contributed by atoms with E-state index in [4.69, 9.17) is 4.74 Å². The molecule has 0 fully saturated rings. The van der Waals surface area contributed by atoms with E-state index in [9.17, 15) is 0 Å². The maximum Gasteiger partial charge on any atom is 0.153 e. The van der Waals surface area contributed by atoms with E-state index >= 15 is 0 Å². The Labute approximate surface area is 157 Å². The minimum absolute atomic E-state index is 0. The molecule has 0 bridgehead atoms. The van der Waals surface area contributed by atoms with Crippen LogP contribution in [0.15, 0.2) is 67.3 Å². The maximum absolute atomic E-state index is 5.92. The molecule has 0 unspecified atom stereocenters. The number of rotatable bonds is 4. The van der Waals surface area contributed by atoms with Crippen molar-refractivity contribution < 1.29 is 4.74 Å². The fourth-order valence-electron chi connectivity index (χ4n) is 2.54. The van der Waals surface area contributed by atoms with Crippen molar-refractivity contribution in [3.63, 3.8) is 0 Å². The molecule has 1 atom stereocenters. The second kappa shape index (κ2) is 8.05. The Kier molecular flexibility index (Phi) is 6.07. The molecule has 0 amide bonds. The Hall–Kier alpha value is -2.50. The van der Waals surface area contributed by atoms with Gasteiger partial charge in [-0.05, 0) is 37.3 Å². The van der Waals surface area contributed by atoms with Crippen LogP contribution < -0.4 is 4.74 Å². The predicted octanol–water partition coefficient (Wildman–Crippen LogP) is 4.73. The molecule has 0 spiro atoms. The molecule has 0 saturated heterocycles. The number of aromatic amines is 1. The number of benzene rings is 2. The molecule has 0 aliphatic rings. The van der Waals surface area contributed by atoms with Crippen LogP contribution in [0.5, 0.6) is 5.75 Å². The molecule has 130 valence electrons. The summed E-state index contributed by atoms with van der Waals surface area (Å²) in [5.41, 5.74) is 2.94. The Balaban J connectivity index is 0.00000113. The Morgan fingerprint density at radius 2 is 1.88 bits per heavy atom. The minimum Gasteiger partial charge on any atom is -0.483 e. The first-order valence-corrected chi connectivity index (χ1v) is 7.49. The average molecular weight is 377 g/mol. The van der Waals surface area contributed by atoms with Gasteiger partial charge in [0.15, 0.2) is 6.10 Å². The van der Waals surface area contributed by atoms with Crippen molar-refractivity contribution in [1.82, 2.24) is 19.5 Å². The molecule has 4 rings (SSSR count). The number of halogens is 2. The topological polar surface area (TPSA) is 55.7 Å². The van der Waals surface area contributed by atoms with Gasteiger partial charge in [0, 0.05) is 18.1 Å². The molecular weight excluding hydrogens is 359 g/mol. The second-order valence-corrected chi connectivity index (χ2v) is 5.37. The van der Waals surface area contributed by atoms with E-state index in [0.29, 0.717) is 0 Å². The van der Waals surface area contributed by atoms with Crippen molar-refractivity contribution in [3.8, 4) is 11.4 Å². The SMILES string of the molecule is C[C@H](Oc1ccccc1)c1nc2cc(-n3ccnc3)ccc2[nH]1.Cl.Cl. The molecule has 0 aliphatic carbocycles. The van der Waals surface area contributed by atoms with Crippen molar-refractivity contribution in [1.29, 1.82) is 0 Å². The van der Waals surface area contributed by atoms with E-state index < -0.39 is 0 Å². The smallest absolute Gasteiger partial charge is 0.153 e. The first-order chi connectivity index (χ1) is 11.3. The second-order valence-electron chi connectivity index (χ2n) is 5.37. The number of hydrogen-bond acceptors (Lipinski definition) is 3. The normalized spacial score (nSPS) is 11.4. The van der Waals surface area contributed by atoms with Gasteiger partial charge in [-0.2, -0.15) is 0 Å². The number of nitrogens with zero attached hydrogens (tertiary/aromatic N) is 3. The first kappa shape index (κ1) is 18.8. The van der Waals surface area contributed by atoms with E-state index in [-0.39, 0.29) is 30.9 Å². The molecule has 2 aromatic heterocycles. The highest BCUT2D eigenvalue weighted by atomic mass is 35.5. The lowest BCUT2D eigenvalue weighted by atomic mass is 10.3. The summed E-state index contributed by atoms with van der Waals surface area (Å²) in [4.78, 5) is 12.1. The molecule has 0 aliphatic heterocycles. The summed E-state index contributed by atoms with van der Waals surface area (Å²) in [6, 6.07) is 15.9. The van der Waals surface area contributed by atoms with Crippen LogP contribution in [0.25, 0.3) is 16.7 Å². The monoisotopic (exact) mass is 376 g/mol. The zero-order valence-electron chi connectivity index (χ0n) is 13.5. The van der Waals surface area contributed by atoms with Gasteiger partial charge in [0.25, 0.3) is 0 Å². The van der Waals surface area contributed by atoms with E-state index in [1.54, 1.807) is 12.5 Å². The molecule has 2 aromatic carbocycles. The average Bonchev–Trinajstić information content (AvgIpc) is 3.24. The third kappa shape index (κ3) is 3.95. The number of fused-ring (bicyclic) bond motifs is 1. The summed E-state index contributed by atoms with van der Waals surface area (Å²) < 4.78 is 7.88. The third-order valence-electron chi connectivity index (χ3n) is 3.73. The number of hydrogen-bond donors (Lipinski definition) is 1. The zero-order chi connectivity index (χ0) is 15.6. The van der Waals surface area contributed by atoms with Crippen molar-refractivity contribution in [2.24, 2.45) is 0 Å². The van der Waals surface area contributed by atoms with E-state index in [1.807, 2.05) is 66.2 Å². The Bertz CT molecular complexity index is 923. The number of H-pyrrole nitrogens is 1. The van der Waals surface area contributed by atoms with Crippen LogP contribution in [0.3, 0.4) is 0 Å². The van der Waals surface area contributed by atoms with Gasteiger partial charge in [-0.1, -0.05) is 18.2 Å². The molecule has 2 heterocycles. The minimum atomic E-state index is -0.151. The van der Waals surface area contributed by atoms with E-state index in [0.717, 1.165) is 28.3 Å². The fourth-order valence-corrected chi connectivity index (χ4v) is 2.54. The lowest BCUT2D eigenvalue weighted by Gasteiger charge is -2.11. The molecule has 1 N–H and O–H groups in total. The number of ether oxygens (including phenoxy) is 1. The van der Waals surface area contributed by atoms with Crippen molar-refractivity contribution in [3.05, 3.63) is 73.1 Å². The fraction of sp³-hybridized carbons (Fsp3) is 0.111. The van der Waals surface area contributed by atoms with Crippen LogP contribution in [0, 0.1) is 0 Å². The van der Waals surface area contributed by atoms with E-state index in [2.05, 4.69) is 15.0 Å². The highest BCUT2D eigenvalue weighted by Crippen LogP contribution is 2.23. The molecule has 5 nitrogen and oxygen atoms in total. The van der Waals surface area contributed by atoms with Gasteiger partial charge in [0.05, 0.1) is 17.4 Å². The Morgan fingerprint density at radius 1 is 1.08 bits per heavy atom.